The third kappa shape index (κ3) is 2.78. The molecule has 0 unspecified atom stereocenters. The molecule has 3 rings (SSSR count). The summed E-state index contributed by atoms with van der Waals surface area (Å²) in [6, 6.07) is 11.9. The van der Waals surface area contributed by atoms with E-state index in [-0.39, 0.29) is 5.69 Å². The van der Waals surface area contributed by atoms with Gasteiger partial charge in [0.1, 0.15) is 5.75 Å². The molecule has 6 nitrogen and oxygen atoms in total. The number of rotatable bonds is 5. The predicted molar refractivity (Wildman–Crippen MR) is 86.1 cm³/mol. The van der Waals surface area contributed by atoms with Crippen molar-refractivity contribution >= 4 is 22.9 Å². The van der Waals surface area contributed by atoms with Crippen molar-refractivity contribution in [2.45, 2.75) is 6.54 Å². The first kappa shape index (κ1) is 14.8. The molecule has 0 aliphatic heterocycles. The molecular weight excluding hydrogens is 296 g/mol. The van der Waals surface area contributed by atoms with Gasteiger partial charge in [-0.25, -0.2) is 0 Å². The first-order chi connectivity index (χ1) is 11.1. The number of nitro benzene ring substituents is 1. The molecule has 6 heteroatoms. The summed E-state index contributed by atoms with van der Waals surface area (Å²) in [7, 11) is 1.58. The van der Waals surface area contributed by atoms with Crippen LogP contribution in [0.15, 0.2) is 48.7 Å². The minimum atomic E-state index is -0.425. The number of fused-ring (bicyclic) bond motifs is 1. The van der Waals surface area contributed by atoms with Crippen molar-refractivity contribution in [3.05, 3.63) is 69.9 Å². The van der Waals surface area contributed by atoms with Crippen molar-refractivity contribution in [3.63, 3.8) is 0 Å². The first-order valence-corrected chi connectivity index (χ1v) is 6.98. The Hall–Kier alpha value is -3.15. The Labute approximate surface area is 132 Å². The molecule has 0 fully saturated rings. The van der Waals surface area contributed by atoms with Gasteiger partial charge < -0.3 is 9.30 Å². The minimum Gasteiger partial charge on any atom is -0.497 e. The number of nitro groups is 1. The lowest BCUT2D eigenvalue weighted by atomic mass is 10.2. The molecule has 0 aliphatic carbocycles. The molecule has 1 heterocycles. The maximum atomic E-state index is 11.3. The van der Waals surface area contributed by atoms with Crippen molar-refractivity contribution in [2.75, 3.05) is 7.11 Å². The van der Waals surface area contributed by atoms with Gasteiger partial charge in [-0.15, -0.1) is 0 Å². The summed E-state index contributed by atoms with van der Waals surface area (Å²) in [6.45, 7) is 0.522. The highest BCUT2D eigenvalue weighted by Crippen LogP contribution is 2.26. The van der Waals surface area contributed by atoms with Crippen LogP contribution in [-0.2, 0) is 6.54 Å². The van der Waals surface area contributed by atoms with Crippen LogP contribution >= 0.6 is 0 Å². The number of benzene rings is 2. The zero-order chi connectivity index (χ0) is 16.4. The first-order valence-electron chi connectivity index (χ1n) is 6.98. The van der Waals surface area contributed by atoms with E-state index in [1.807, 2.05) is 22.8 Å². The van der Waals surface area contributed by atoms with Crippen LogP contribution in [0.1, 0.15) is 15.9 Å². The van der Waals surface area contributed by atoms with Crippen LogP contribution in [0.5, 0.6) is 5.75 Å². The Morgan fingerprint density at radius 1 is 1.22 bits per heavy atom. The van der Waals surface area contributed by atoms with Gasteiger partial charge in [-0.2, -0.15) is 0 Å². The number of hydrogen-bond acceptors (Lipinski definition) is 4. The Bertz CT molecular complexity index is 881. The highest BCUT2D eigenvalue weighted by molar-refractivity contribution is 5.98. The lowest BCUT2D eigenvalue weighted by molar-refractivity contribution is -0.384. The van der Waals surface area contributed by atoms with Crippen molar-refractivity contribution in [3.8, 4) is 5.75 Å². The average molecular weight is 310 g/mol. The molecule has 0 saturated heterocycles. The van der Waals surface area contributed by atoms with E-state index in [0.29, 0.717) is 17.9 Å². The molecule has 0 saturated carbocycles. The molecule has 3 aromatic rings. The average Bonchev–Trinajstić information content (AvgIpc) is 2.92. The van der Waals surface area contributed by atoms with Crippen LogP contribution in [-0.4, -0.2) is 22.9 Å². The van der Waals surface area contributed by atoms with Gasteiger partial charge in [0.2, 0.25) is 0 Å². The van der Waals surface area contributed by atoms with Crippen LogP contribution < -0.4 is 4.74 Å². The summed E-state index contributed by atoms with van der Waals surface area (Å²) in [5.41, 5.74) is 2.47. The molecule has 23 heavy (non-hydrogen) atoms. The monoisotopic (exact) mass is 310 g/mol. The van der Waals surface area contributed by atoms with Gasteiger partial charge in [-0.1, -0.05) is 12.1 Å². The van der Waals surface area contributed by atoms with Crippen LogP contribution in [0.3, 0.4) is 0 Å². The van der Waals surface area contributed by atoms with E-state index in [4.69, 9.17) is 4.74 Å². The van der Waals surface area contributed by atoms with E-state index in [1.54, 1.807) is 25.4 Å². The summed E-state index contributed by atoms with van der Waals surface area (Å²) in [5, 5.41) is 11.5. The van der Waals surface area contributed by atoms with Crippen LogP contribution in [0, 0.1) is 10.1 Å². The number of hydrogen-bond donors (Lipinski definition) is 0. The zero-order valence-corrected chi connectivity index (χ0v) is 12.4. The Balaban J connectivity index is 1.99. The van der Waals surface area contributed by atoms with E-state index in [9.17, 15) is 14.9 Å². The van der Waals surface area contributed by atoms with Crippen LogP contribution in [0.2, 0.25) is 0 Å². The van der Waals surface area contributed by atoms with Crippen molar-refractivity contribution in [1.29, 1.82) is 0 Å². The lowest BCUT2D eigenvalue weighted by Crippen LogP contribution is -1.98. The van der Waals surface area contributed by atoms with Gasteiger partial charge in [0.25, 0.3) is 5.69 Å². The Morgan fingerprint density at radius 3 is 2.57 bits per heavy atom. The molecule has 2 aromatic carbocycles. The lowest BCUT2D eigenvalue weighted by Gasteiger charge is -2.06. The van der Waals surface area contributed by atoms with Crippen molar-refractivity contribution in [1.82, 2.24) is 4.57 Å². The number of carbonyl (C=O) groups is 1. The van der Waals surface area contributed by atoms with Gasteiger partial charge in [-0.05, 0) is 23.8 Å². The summed E-state index contributed by atoms with van der Waals surface area (Å²) in [6.07, 6.45) is 2.59. The summed E-state index contributed by atoms with van der Waals surface area (Å²) in [4.78, 5) is 21.5. The standard InChI is InChI=1S/C17H14N2O4/c1-23-15-6-7-17-16(8-15)13(11-20)10-18(17)9-12-2-4-14(5-3-12)19(21)22/h2-8,10-11H,9H2,1H3. The van der Waals surface area contributed by atoms with E-state index in [1.165, 1.54) is 12.1 Å². The third-order valence-corrected chi connectivity index (χ3v) is 3.75. The second kappa shape index (κ2) is 5.92. The highest BCUT2D eigenvalue weighted by atomic mass is 16.6. The summed E-state index contributed by atoms with van der Waals surface area (Å²) in [5.74, 6) is 0.689. The summed E-state index contributed by atoms with van der Waals surface area (Å²) < 4.78 is 7.14. The fourth-order valence-electron chi connectivity index (χ4n) is 2.58. The zero-order valence-electron chi connectivity index (χ0n) is 12.4. The van der Waals surface area contributed by atoms with Crippen LogP contribution in [0.4, 0.5) is 5.69 Å². The van der Waals surface area contributed by atoms with Crippen molar-refractivity contribution < 1.29 is 14.5 Å². The number of ether oxygens (including phenoxy) is 1. The normalized spacial score (nSPS) is 10.7. The highest BCUT2D eigenvalue weighted by Gasteiger charge is 2.10. The number of nitrogens with zero attached hydrogens (tertiary/aromatic N) is 2. The maximum absolute atomic E-state index is 11.3. The molecule has 0 radical (unpaired) electrons. The molecule has 116 valence electrons. The van der Waals surface area contributed by atoms with Crippen molar-refractivity contribution in [2.24, 2.45) is 0 Å². The number of aldehydes is 1. The molecule has 0 atom stereocenters. The molecule has 0 bridgehead atoms. The number of non-ortho nitro benzene ring substituents is 1. The molecule has 0 aliphatic rings. The summed E-state index contributed by atoms with van der Waals surface area (Å²) >= 11 is 0. The fourth-order valence-corrected chi connectivity index (χ4v) is 2.58. The molecule has 0 spiro atoms. The van der Waals surface area contributed by atoms with Crippen LogP contribution in [0.25, 0.3) is 10.9 Å². The maximum Gasteiger partial charge on any atom is 0.269 e. The molecule has 0 amide bonds. The number of methoxy groups -OCH3 is 1. The second-order valence-corrected chi connectivity index (χ2v) is 5.14. The molecular formula is C17H14N2O4. The van der Waals surface area contributed by atoms with Gasteiger partial charge in [-0.3, -0.25) is 14.9 Å². The van der Waals surface area contributed by atoms with Gasteiger partial charge in [0.05, 0.1) is 12.0 Å². The molecule has 1 aromatic heterocycles. The van der Waals surface area contributed by atoms with Gasteiger partial charge in [0.15, 0.2) is 6.29 Å². The minimum absolute atomic E-state index is 0.0597. The van der Waals surface area contributed by atoms with E-state index >= 15 is 0 Å². The molecule has 0 N–H and O–H groups in total. The Kier molecular flexibility index (Phi) is 3.80. The quantitative estimate of drug-likeness (QED) is 0.411. The predicted octanol–water partition coefficient (Wildman–Crippen LogP) is 3.42. The van der Waals surface area contributed by atoms with E-state index in [2.05, 4.69) is 0 Å². The number of aromatic nitrogens is 1. The third-order valence-electron chi connectivity index (χ3n) is 3.75. The Morgan fingerprint density at radius 2 is 1.96 bits per heavy atom. The van der Waals surface area contributed by atoms with E-state index in [0.717, 1.165) is 22.8 Å². The largest absolute Gasteiger partial charge is 0.497 e. The smallest absolute Gasteiger partial charge is 0.269 e. The topological polar surface area (TPSA) is 74.4 Å². The fraction of sp³-hybridized carbons (Fsp3) is 0.118. The van der Waals surface area contributed by atoms with Gasteiger partial charge in [0, 0.05) is 41.3 Å². The second-order valence-electron chi connectivity index (χ2n) is 5.14. The van der Waals surface area contributed by atoms with Gasteiger partial charge >= 0.3 is 0 Å². The SMILES string of the molecule is COc1ccc2c(c1)c(C=O)cn2Cc1ccc([N+](=O)[O-])cc1. The number of carbonyl (C=O) groups excluding carboxylic acids is 1. The van der Waals surface area contributed by atoms with E-state index < -0.39 is 4.92 Å².